The summed E-state index contributed by atoms with van der Waals surface area (Å²) in [5.74, 6) is -1.58. The largest absolute Gasteiger partial charge is 0.357 e. The predicted octanol–water partition coefficient (Wildman–Crippen LogP) is -0.588. The molecule has 0 aromatic carbocycles. The van der Waals surface area contributed by atoms with Crippen molar-refractivity contribution in [1.29, 1.82) is 0 Å². The van der Waals surface area contributed by atoms with Gasteiger partial charge in [0, 0.05) is 0 Å². The third-order valence-corrected chi connectivity index (χ3v) is 10.5. The van der Waals surface area contributed by atoms with Crippen molar-refractivity contribution in [2.45, 2.75) is 4.64 Å². The van der Waals surface area contributed by atoms with Crippen LogP contribution in [0.1, 0.15) is 0 Å². The highest BCUT2D eigenvalue weighted by Gasteiger charge is 2.71. The van der Waals surface area contributed by atoms with Crippen LogP contribution in [-0.4, -0.2) is 39.9 Å². The first kappa shape index (κ1) is 15.7. The molecule has 0 amide bonds. The summed E-state index contributed by atoms with van der Waals surface area (Å²) < 4.78 is 28.5. The molecular formula is C2H8ClO9P3. The summed E-state index contributed by atoms with van der Waals surface area (Å²) in [6, 6.07) is 0. The summed E-state index contributed by atoms with van der Waals surface area (Å²) in [5.41, 5.74) is 0. The van der Waals surface area contributed by atoms with Crippen molar-refractivity contribution in [3.8, 4) is 0 Å². The molecule has 0 aromatic heterocycles. The van der Waals surface area contributed by atoms with Crippen molar-refractivity contribution in [1.82, 2.24) is 0 Å². The average molecular weight is 304 g/mol. The molecule has 6 N–H and O–H groups in total. The Morgan fingerprint density at radius 3 is 1.00 bits per heavy atom. The maximum atomic E-state index is 10.8. The van der Waals surface area contributed by atoms with E-state index in [1.807, 2.05) is 0 Å². The van der Waals surface area contributed by atoms with Crippen LogP contribution in [0.25, 0.3) is 0 Å². The number of alkyl halides is 1. The molecule has 0 aliphatic heterocycles. The molecule has 9 nitrogen and oxygen atoms in total. The highest BCUT2D eigenvalue weighted by atomic mass is 35.5. The number of halogens is 1. The van der Waals surface area contributed by atoms with Crippen molar-refractivity contribution >= 4 is 34.4 Å². The van der Waals surface area contributed by atoms with E-state index in [0.717, 1.165) is 0 Å². The average Bonchev–Trinajstić information content (AvgIpc) is 1.76. The zero-order valence-electron chi connectivity index (χ0n) is 6.83. The van der Waals surface area contributed by atoms with Gasteiger partial charge < -0.3 is 29.4 Å². The van der Waals surface area contributed by atoms with Crippen LogP contribution in [0, 0.1) is 0 Å². The van der Waals surface area contributed by atoms with Gasteiger partial charge in [-0.15, -0.1) is 11.6 Å². The van der Waals surface area contributed by atoms with Gasteiger partial charge in [-0.2, -0.15) is 0 Å². The molecule has 15 heavy (non-hydrogen) atoms. The van der Waals surface area contributed by atoms with E-state index in [1.165, 1.54) is 0 Å². The number of hydrogen-bond acceptors (Lipinski definition) is 3. The Bertz CT molecular complexity index is 316. The molecule has 0 saturated carbocycles. The monoisotopic (exact) mass is 304 g/mol. The van der Waals surface area contributed by atoms with E-state index in [9.17, 15) is 13.7 Å². The first-order valence-corrected chi connectivity index (χ1v) is 8.41. The van der Waals surface area contributed by atoms with Crippen molar-refractivity contribution in [3.05, 3.63) is 0 Å². The van der Waals surface area contributed by atoms with Gasteiger partial charge in [-0.1, -0.05) is 0 Å². The van der Waals surface area contributed by atoms with Gasteiger partial charge in [0.05, 0.1) is 5.88 Å². The van der Waals surface area contributed by atoms with Crippen LogP contribution in [0.3, 0.4) is 0 Å². The Morgan fingerprint density at radius 2 is 1.00 bits per heavy atom. The van der Waals surface area contributed by atoms with Crippen LogP contribution in [0.5, 0.6) is 0 Å². The third-order valence-electron chi connectivity index (χ3n) is 1.58. The zero-order chi connectivity index (χ0) is 12.7. The molecule has 0 aliphatic carbocycles. The van der Waals surface area contributed by atoms with Crippen LogP contribution in [-0.2, 0) is 13.7 Å². The lowest BCUT2D eigenvalue weighted by molar-refractivity contribution is 0.306. The molecule has 0 saturated heterocycles. The molecule has 0 spiro atoms. The molecule has 0 fully saturated rings. The first-order valence-electron chi connectivity index (χ1n) is 3.04. The van der Waals surface area contributed by atoms with E-state index in [-0.39, 0.29) is 0 Å². The topological polar surface area (TPSA) is 173 Å². The third kappa shape index (κ3) is 2.53. The Labute approximate surface area is 88.6 Å². The van der Waals surface area contributed by atoms with Crippen LogP contribution < -0.4 is 0 Å². The SMILES string of the molecule is O=P(O)(O)C(CCl)(P(=O)(O)O)P(=O)(O)O. The van der Waals surface area contributed by atoms with E-state index in [0.29, 0.717) is 0 Å². The highest BCUT2D eigenvalue weighted by molar-refractivity contribution is 7.89. The van der Waals surface area contributed by atoms with E-state index in [1.54, 1.807) is 0 Å². The fourth-order valence-electron chi connectivity index (χ4n) is 0.743. The molecular weight excluding hydrogens is 296 g/mol. The summed E-state index contributed by atoms with van der Waals surface area (Å²) in [5, 5.41) is 0. The molecule has 0 radical (unpaired) electrons. The molecule has 0 bridgehead atoms. The second-order valence-corrected chi connectivity index (χ2v) is 9.42. The lowest BCUT2D eigenvalue weighted by Crippen LogP contribution is -2.31. The van der Waals surface area contributed by atoms with Crippen molar-refractivity contribution in [2.24, 2.45) is 0 Å². The minimum atomic E-state index is -5.81. The fraction of sp³-hybridized carbons (Fsp3) is 1.00. The van der Waals surface area contributed by atoms with Crippen LogP contribution >= 0.6 is 34.4 Å². The molecule has 13 heteroatoms. The Balaban J connectivity index is 6.16. The second kappa shape index (κ2) is 4.20. The number of hydrogen-bond donors (Lipinski definition) is 6. The van der Waals surface area contributed by atoms with Gasteiger partial charge in [-0.05, 0) is 0 Å². The van der Waals surface area contributed by atoms with Gasteiger partial charge in [0.25, 0.3) is 4.64 Å². The second-order valence-electron chi connectivity index (χ2n) is 2.54. The van der Waals surface area contributed by atoms with E-state index < -0.39 is 33.3 Å². The van der Waals surface area contributed by atoms with E-state index >= 15 is 0 Å². The zero-order valence-corrected chi connectivity index (χ0v) is 10.3. The first-order chi connectivity index (χ1) is 6.31. The van der Waals surface area contributed by atoms with Crippen LogP contribution in [0.15, 0.2) is 0 Å². The molecule has 0 atom stereocenters. The predicted molar refractivity (Wildman–Crippen MR) is 49.6 cm³/mol. The lowest BCUT2D eigenvalue weighted by Gasteiger charge is -2.32. The molecule has 0 aromatic rings. The van der Waals surface area contributed by atoms with Crippen molar-refractivity contribution < 1.29 is 43.1 Å². The minimum absolute atomic E-state index is 1.58. The quantitative estimate of drug-likeness (QED) is 0.293. The molecule has 0 unspecified atom stereocenters. The van der Waals surface area contributed by atoms with E-state index in [2.05, 4.69) is 0 Å². The summed E-state index contributed by atoms with van der Waals surface area (Å²) >= 11 is 4.90. The summed E-state index contributed by atoms with van der Waals surface area (Å²) in [6.07, 6.45) is 0. The standard InChI is InChI=1S/C2H8ClO9P3/c3-1-2(13(4,5)6,14(7,8)9)15(10,11)12/h1H2,(H2,4,5,6)(H2,7,8,9)(H2,10,11,12). The van der Waals surface area contributed by atoms with Crippen molar-refractivity contribution in [3.63, 3.8) is 0 Å². The highest BCUT2D eigenvalue weighted by Crippen LogP contribution is 2.82. The molecule has 0 aliphatic rings. The summed E-state index contributed by atoms with van der Waals surface area (Å²) in [6.45, 7) is 0. The van der Waals surface area contributed by atoms with Gasteiger partial charge in [0.2, 0.25) is 0 Å². The summed E-state index contributed by atoms with van der Waals surface area (Å²) in [4.78, 5) is 51.8. The lowest BCUT2D eigenvalue weighted by atomic mass is 10.9. The smallest absolute Gasteiger partial charge is 0.323 e. The van der Waals surface area contributed by atoms with Gasteiger partial charge in [-0.25, -0.2) is 0 Å². The molecule has 0 heterocycles. The summed E-state index contributed by atoms with van der Waals surface area (Å²) in [7, 11) is -17.4. The van der Waals surface area contributed by atoms with E-state index in [4.69, 9.17) is 41.0 Å². The van der Waals surface area contributed by atoms with Crippen molar-refractivity contribution in [2.75, 3.05) is 5.88 Å². The van der Waals surface area contributed by atoms with Crippen LogP contribution in [0.2, 0.25) is 0 Å². The molecule has 0 rings (SSSR count). The van der Waals surface area contributed by atoms with Crippen LogP contribution in [0.4, 0.5) is 0 Å². The Kier molecular flexibility index (Phi) is 4.41. The molecule has 92 valence electrons. The maximum Gasteiger partial charge on any atom is 0.357 e. The fourth-order valence-corrected chi connectivity index (χ4v) is 6.68. The minimum Gasteiger partial charge on any atom is -0.323 e. The normalized spacial score (nSPS) is 15.4. The van der Waals surface area contributed by atoms with Gasteiger partial charge >= 0.3 is 22.8 Å². The Morgan fingerprint density at radius 1 is 0.800 bits per heavy atom. The van der Waals surface area contributed by atoms with Gasteiger partial charge in [0.1, 0.15) is 0 Å². The van der Waals surface area contributed by atoms with Gasteiger partial charge in [-0.3, -0.25) is 13.7 Å². The maximum absolute atomic E-state index is 10.8. The number of rotatable bonds is 4. The van der Waals surface area contributed by atoms with Gasteiger partial charge in [0.15, 0.2) is 0 Å². The Hall–Kier alpha value is 0.740.